The van der Waals surface area contributed by atoms with Gasteiger partial charge in [0, 0.05) is 0 Å². The van der Waals surface area contributed by atoms with E-state index >= 15 is 0 Å². The van der Waals surface area contributed by atoms with Gasteiger partial charge in [-0.1, -0.05) is 13.0 Å². The molecule has 3 amide bonds. The number of ether oxygens (including phenoxy) is 2. The molecule has 1 aliphatic heterocycles. The van der Waals surface area contributed by atoms with Gasteiger partial charge in [0.2, 0.25) is 0 Å². The number of hydrogen-bond acceptors (Lipinski definition) is 7. The van der Waals surface area contributed by atoms with Crippen LogP contribution in [0, 0.1) is 0 Å². The Morgan fingerprint density at radius 1 is 1.26 bits per heavy atom. The molecule has 0 fully saturated rings. The molecular formula is C17H21N3O6S. The minimum Gasteiger partial charge on any atom is -0.463 e. The molecule has 0 spiro atoms. The number of hydrogen-bond donors (Lipinski definition) is 3. The van der Waals surface area contributed by atoms with Gasteiger partial charge in [0.15, 0.2) is 0 Å². The van der Waals surface area contributed by atoms with E-state index < -0.39 is 24.0 Å². The first-order valence-electron chi connectivity index (χ1n) is 8.41. The van der Waals surface area contributed by atoms with Crippen molar-refractivity contribution in [3.63, 3.8) is 0 Å². The summed E-state index contributed by atoms with van der Waals surface area (Å²) in [5, 5.41) is 9.30. The van der Waals surface area contributed by atoms with Crippen LogP contribution in [0.2, 0.25) is 0 Å². The van der Waals surface area contributed by atoms with Crippen LogP contribution in [-0.4, -0.2) is 49.7 Å². The Kier molecular flexibility index (Phi) is 7.35. The van der Waals surface area contributed by atoms with Crippen molar-refractivity contribution >= 4 is 35.2 Å². The van der Waals surface area contributed by atoms with E-state index in [1.165, 1.54) is 11.3 Å². The Bertz CT molecular complexity index is 744. The number of esters is 2. The molecule has 1 aliphatic rings. The summed E-state index contributed by atoms with van der Waals surface area (Å²) in [6.45, 7) is 3.01. The number of amides is 3. The topological polar surface area (TPSA) is 123 Å². The highest BCUT2D eigenvalue weighted by Crippen LogP contribution is 2.17. The van der Waals surface area contributed by atoms with E-state index in [0.29, 0.717) is 11.3 Å². The first kappa shape index (κ1) is 20.4. The van der Waals surface area contributed by atoms with Gasteiger partial charge < -0.3 is 25.4 Å². The molecule has 0 bridgehead atoms. The number of carbonyl (C=O) groups is 4. The molecule has 0 aromatic carbocycles. The molecule has 146 valence electrons. The van der Waals surface area contributed by atoms with Gasteiger partial charge in [-0.3, -0.25) is 9.59 Å². The molecule has 3 N–H and O–H groups in total. The van der Waals surface area contributed by atoms with Gasteiger partial charge in [0.05, 0.1) is 28.8 Å². The lowest BCUT2D eigenvalue weighted by atomic mass is 10.0. The lowest BCUT2D eigenvalue weighted by molar-refractivity contribution is -0.142. The summed E-state index contributed by atoms with van der Waals surface area (Å²) >= 11 is 1.25. The summed E-state index contributed by atoms with van der Waals surface area (Å²) in [6, 6.07) is 2.33. The Balaban J connectivity index is 1.98. The minimum absolute atomic E-state index is 0.169. The second kappa shape index (κ2) is 9.72. The predicted octanol–water partition coefficient (Wildman–Crippen LogP) is 0.930. The van der Waals surface area contributed by atoms with Gasteiger partial charge in [-0.25, -0.2) is 9.59 Å². The van der Waals surface area contributed by atoms with E-state index in [1.807, 2.05) is 0 Å². The van der Waals surface area contributed by atoms with E-state index in [4.69, 9.17) is 9.47 Å². The van der Waals surface area contributed by atoms with Gasteiger partial charge in [-0.2, -0.15) is 0 Å². The molecule has 10 heteroatoms. The fraction of sp³-hybridized carbons (Fsp3) is 0.412. The van der Waals surface area contributed by atoms with Crippen LogP contribution in [0.25, 0.3) is 0 Å². The Morgan fingerprint density at radius 2 is 2.04 bits per heavy atom. The van der Waals surface area contributed by atoms with Gasteiger partial charge in [0.25, 0.3) is 5.91 Å². The van der Waals surface area contributed by atoms with Crippen molar-refractivity contribution in [1.29, 1.82) is 0 Å². The number of rotatable bonds is 8. The summed E-state index contributed by atoms with van der Waals surface area (Å²) in [6.07, 6.45) is 0.468. The normalized spacial score (nSPS) is 16.2. The SMILES string of the molecule is CCOC(=O)C1=C(COC(=O)CNC(=O)c2cccs2)NC(=O)N[C@H]1CC. The molecule has 1 atom stereocenters. The molecule has 0 saturated carbocycles. The smallest absolute Gasteiger partial charge is 0.338 e. The van der Waals surface area contributed by atoms with Crippen LogP contribution < -0.4 is 16.0 Å². The lowest BCUT2D eigenvalue weighted by Gasteiger charge is -2.28. The van der Waals surface area contributed by atoms with Crippen molar-refractivity contribution in [2.24, 2.45) is 0 Å². The van der Waals surface area contributed by atoms with Crippen LogP contribution in [-0.2, 0) is 19.1 Å². The summed E-state index contributed by atoms with van der Waals surface area (Å²) in [7, 11) is 0. The van der Waals surface area contributed by atoms with Gasteiger partial charge >= 0.3 is 18.0 Å². The minimum atomic E-state index is -0.698. The average molecular weight is 395 g/mol. The first-order chi connectivity index (χ1) is 13.0. The van der Waals surface area contributed by atoms with E-state index in [9.17, 15) is 19.2 Å². The molecule has 0 saturated heterocycles. The molecule has 1 aromatic rings. The fourth-order valence-electron chi connectivity index (χ4n) is 2.43. The maximum atomic E-state index is 12.2. The largest absolute Gasteiger partial charge is 0.463 e. The maximum Gasteiger partial charge on any atom is 0.338 e. The van der Waals surface area contributed by atoms with Gasteiger partial charge in [-0.05, 0) is 24.8 Å². The van der Waals surface area contributed by atoms with Crippen molar-refractivity contribution in [3.8, 4) is 0 Å². The van der Waals surface area contributed by atoms with Crippen LogP contribution in [0.15, 0.2) is 28.8 Å². The average Bonchev–Trinajstić information content (AvgIpc) is 3.18. The Morgan fingerprint density at radius 3 is 2.67 bits per heavy atom. The van der Waals surface area contributed by atoms with Crippen molar-refractivity contribution < 1.29 is 28.7 Å². The molecule has 0 aliphatic carbocycles. The predicted molar refractivity (Wildman–Crippen MR) is 97.0 cm³/mol. The third kappa shape index (κ3) is 5.55. The zero-order valence-electron chi connectivity index (χ0n) is 15.0. The molecule has 2 heterocycles. The monoisotopic (exact) mass is 395 g/mol. The first-order valence-corrected chi connectivity index (χ1v) is 9.29. The van der Waals surface area contributed by atoms with Crippen LogP contribution >= 0.6 is 11.3 Å². The van der Waals surface area contributed by atoms with E-state index in [-0.39, 0.29) is 36.9 Å². The molecule has 0 unspecified atom stereocenters. The van der Waals surface area contributed by atoms with E-state index in [0.717, 1.165) is 0 Å². The molecule has 2 rings (SSSR count). The summed E-state index contributed by atoms with van der Waals surface area (Å²) < 4.78 is 10.1. The van der Waals surface area contributed by atoms with Crippen molar-refractivity contribution in [2.45, 2.75) is 26.3 Å². The van der Waals surface area contributed by atoms with E-state index in [2.05, 4.69) is 16.0 Å². The Hall–Kier alpha value is -2.88. The molecule has 0 radical (unpaired) electrons. The maximum absolute atomic E-state index is 12.2. The van der Waals surface area contributed by atoms with Crippen LogP contribution in [0.1, 0.15) is 29.9 Å². The summed E-state index contributed by atoms with van der Waals surface area (Å²) in [4.78, 5) is 48.1. The van der Waals surface area contributed by atoms with Crippen LogP contribution in [0.5, 0.6) is 0 Å². The van der Waals surface area contributed by atoms with Crippen LogP contribution in [0.3, 0.4) is 0 Å². The quantitative estimate of drug-likeness (QED) is 0.563. The molecular weight excluding hydrogens is 374 g/mol. The second-order valence-corrected chi connectivity index (χ2v) is 6.44. The number of urea groups is 1. The molecule has 1 aromatic heterocycles. The standard InChI is InChI=1S/C17H21N3O6S/c1-3-10-14(16(23)25-4-2)11(20-17(24)19-10)9-26-13(21)8-18-15(22)12-6-5-7-27-12/h5-7,10H,3-4,8-9H2,1-2H3,(H,18,22)(H2,19,20,24)/t10-/m0/s1. The van der Waals surface area contributed by atoms with E-state index in [1.54, 1.807) is 31.4 Å². The third-order valence-electron chi connectivity index (χ3n) is 3.66. The number of thiophene rings is 1. The molecule has 9 nitrogen and oxygen atoms in total. The summed E-state index contributed by atoms with van der Waals surface area (Å²) in [5.74, 6) is -1.67. The van der Waals surface area contributed by atoms with Gasteiger partial charge in [0.1, 0.15) is 13.2 Å². The fourth-order valence-corrected chi connectivity index (χ4v) is 3.07. The van der Waals surface area contributed by atoms with Crippen molar-refractivity contribution in [2.75, 3.05) is 19.8 Å². The highest BCUT2D eigenvalue weighted by molar-refractivity contribution is 7.12. The lowest BCUT2D eigenvalue weighted by Crippen LogP contribution is -2.51. The number of nitrogens with one attached hydrogen (secondary N) is 3. The summed E-state index contributed by atoms with van der Waals surface area (Å²) in [5.41, 5.74) is 0.386. The van der Waals surface area contributed by atoms with Crippen LogP contribution in [0.4, 0.5) is 4.79 Å². The zero-order chi connectivity index (χ0) is 19.8. The second-order valence-electron chi connectivity index (χ2n) is 5.49. The van der Waals surface area contributed by atoms with Crippen molar-refractivity contribution in [1.82, 2.24) is 16.0 Å². The van der Waals surface area contributed by atoms with Crippen molar-refractivity contribution in [3.05, 3.63) is 33.7 Å². The highest BCUT2D eigenvalue weighted by Gasteiger charge is 2.32. The van der Waals surface area contributed by atoms with Gasteiger partial charge in [-0.15, -0.1) is 11.3 Å². The zero-order valence-corrected chi connectivity index (χ0v) is 15.8. The highest BCUT2D eigenvalue weighted by atomic mass is 32.1. The third-order valence-corrected chi connectivity index (χ3v) is 4.53. The molecule has 27 heavy (non-hydrogen) atoms. The Labute approximate surface area is 160 Å². The number of carbonyl (C=O) groups excluding carboxylic acids is 4.